The van der Waals surface area contributed by atoms with E-state index in [0.717, 1.165) is 12.8 Å². The summed E-state index contributed by atoms with van der Waals surface area (Å²) < 4.78 is 4.76. The lowest BCUT2D eigenvalue weighted by molar-refractivity contribution is -0.124. The van der Waals surface area contributed by atoms with E-state index in [1.54, 1.807) is 0 Å². The fourth-order valence-corrected chi connectivity index (χ4v) is 1.61. The lowest BCUT2D eigenvalue weighted by Gasteiger charge is -2.34. The summed E-state index contributed by atoms with van der Waals surface area (Å²) in [4.78, 5) is 21.7. The van der Waals surface area contributed by atoms with Crippen molar-refractivity contribution in [2.24, 2.45) is 11.7 Å². The number of rotatable bonds is 3. The third-order valence-corrected chi connectivity index (χ3v) is 2.67. The van der Waals surface area contributed by atoms with Crippen molar-refractivity contribution in [1.82, 2.24) is 5.32 Å². The molecule has 78 valence electrons. The topological polar surface area (TPSA) is 81.4 Å². The van der Waals surface area contributed by atoms with Crippen LogP contribution in [0.5, 0.6) is 0 Å². The van der Waals surface area contributed by atoms with Crippen LogP contribution in [0.1, 0.15) is 25.7 Å². The van der Waals surface area contributed by atoms with Crippen LogP contribution in [0.25, 0.3) is 0 Å². The summed E-state index contributed by atoms with van der Waals surface area (Å²) in [5.41, 5.74) is 4.86. The molecular formula is C9H14N2O3. The van der Waals surface area contributed by atoms with Gasteiger partial charge >= 0.3 is 6.09 Å². The molecule has 0 aliphatic heterocycles. The van der Waals surface area contributed by atoms with Gasteiger partial charge in [-0.05, 0) is 12.8 Å². The van der Waals surface area contributed by atoms with Gasteiger partial charge in [-0.1, -0.05) is 0 Å². The molecule has 0 saturated heterocycles. The first-order chi connectivity index (χ1) is 6.65. The summed E-state index contributed by atoms with van der Waals surface area (Å²) in [7, 11) is 0. The molecular weight excluding hydrogens is 184 g/mol. The molecule has 0 aromatic carbocycles. The normalized spacial score (nSPS) is 30.3. The fraction of sp³-hybridized carbons (Fsp3) is 0.778. The molecule has 2 fully saturated rings. The van der Waals surface area contributed by atoms with Crippen molar-refractivity contribution in [2.45, 2.75) is 37.8 Å². The maximum Gasteiger partial charge on any atom is 0.404 e. The lowest BCUT2D eigenvalue weighted by atomic mass is 9.89. The molecule has 0 radical (unpaired) electrons. The summed E-state index contributed by atoms with van der Waals surface area (Å²) in [5, 5.41) is 2.91. The van der Waals surface area contributed by atoms with E-state index < -0.39 is 6.09 Å². The molecule has 2 aliphatic rings. The molecule has 0 aromatic heterocycles. The highest BCUT2D eigenvalue weighted by atomic mass is 16.6. The molecule has 0 aromatic rings. The van der Waals surface area contributed by atoms with E-state index >= 15 is 0 Å². The van der Waals surface area contributed by atoms with Gasteiger partial charge in [-0.3, -0.25) is 4.79 Å². The van der Waals surface area contributed by atoms with Crippen molar-refractivity contribution in [3.8, 4) is 0 Å². The molecule has 2 aliphatic carbocycles. The largest absolute Gasteiger partial charge is 0.446 e. The van der Waals surface area contributed by atoms with Gasteiger partial charge < -0.3 is 15.8 Å². The van der Waals surface area contributed by atoms with Crippen LogP contribution < -0.4 is 11.1 Å². The van der Waals surface area contributed by atoms with Crippen molar-refractivity contribution >= 4 is 12.0 Å². The molecule has 5 heteroatoms. The first-order valence-corrected chi connectivity index (χ1v) is 4.91. The number of hydrogen-bond donors (Lipinski definition) is 2. The summed E-state index contributed by atoms with van der Waals surface area (Å²) >= 11 is 0. The SMILES string of the molecule is NC(=O)OC1CC(NC(=O)C2CC2)C1. The Balaban J connectivity index is 1.62. The van der Waals surface area contributed by atoms with Crippen LogP contribution in [0.4, 0.5) is 4.79 Å². The molecule has 2 amide bonds. The van der Waals surface area contributed by atoms with Gasteiger partial charge in [0.15, 0.2) is 0 Å². The lowest BCUT2D eigenvalue weighted by Crippen LogP contribution is -2.49. The first kappa shape index (κ1) is 9.30. The Labute approximate surface area is 82.0 Å². The number of ether oxygens (including phenoxy) is 1. The second-order valence-corrected chi connectivity index (χ2v) is 4.01. The average Bonchev–Trinajstić information content (AvgIpc) is 2.80. The van der Waals surface area contributed by atoms with E-state index in [9.17, 15) is 9.59 Å². The highest BCUT2D eigenvalue weighted by molar-refractivity contribution is 5.81. The molecule has 3 N–H and O–H groups in total. The highest BCUT2D eigenvalue weighted by Gasteiger charge is 2.36. The molecule has 5 nitrogen and oxygen atoms in total. The Bertz CT molecular complexity index is 257. The van der Waals surface area contributed by atoms with Gasteiger partial charge in [0, 0.05) is 24.8 Å². The summed E-state index contributed by atoms with van der Waals surface area (Å²) in [6.45, 7) is 0. The molecule has 0 heterocycles. The van der Waals surface area contributed by atoms with Crippen molar-refractivity contribution in [1.29, 1.82) is 0 Å². The van der Waals surface area contributed by atoms with Crippen LogP contribution in [0, 0.1) is 5.92 Å². The second-order valence-electron chi connectivity index (χ2n) is 4.01. The summed E-state index contributed by atoms with van der Waals surface area (Å²) in [6, 6.07) is 0.174. The number of amides is 2. The van der Waals surface area contributed by atoms with Crippen LogP contribution in [0.2, 0.25) is 0 Å². The molecule has 2 saturated carbocycles. The number of carbonyl (C=O) groups excluding carboxylic acids is 2. The third kappa shape index (κ3) is 2.16. The van der Waals surface area contributed by atoms with Crippen molar-refractivity contribution in [2.75, 3.05) is 0 Å². The Morgan fingerprint density at radius 3 is 2.43 bits per heavy atom. The summed E-state index contributed by atoms with van der Waals surface area (Å²) in [5.74, 6) is 0.388. The summed E-state index contributed by atoms with van der Waals surface area (Å²) in [6.07, 6.45) is 2.58. The Kier molecular flexibility index (Phi) is 2.31. The van der Waals surface area contributed by atoms with Gasteiger partial charge in [0.05, 0.1) is 0 Å². The maximum absolute atomic E-state index is 11.3. The van der Waals surface area contributed by atoms with Gasteiger partial charge in [-0.2, -0.15) is 0 Å². The molecule has 0 bridgehead atoms. The number of carbonyl (C=O) groups is 2. The molecule has 14 heavy (non-hydrogen) atoms. The van der Waals surface area contributed by atoms with Gasteiger partial charge in [0.1, 0.15) is 6.10 Å². The maximum atomic E-state index is 11.3. The van der Waals surface area contributed by atoms with E-state index in [1.807, 2.05) is 0 Å². The highest BCUT2D eigenvalue weighted by Crippen LogP contribution is 2.30. The third-order valence-electron chi connectivity index (χ3n) is 2.67. The average molecular weight is 198 g/mol. The number of nitrogens with one attached hydrogen (secondary N) is 1. The van der Waals surface area contributed by atoms with Crippen LogP contribution in [-0.2, 0) is 9.53 Å². The smallest absolute Gasteiger partial charge is 0.404 e. The van der Waals surface area contributed by atoms with Gasteiger partial charge in [0.2, 0.25) is 5.91 Å². The number of primary amides is 1. The van der Waals surface area contributed by atoms with Crippen molar-refractivity contribution in [3.63, 3.8) is 0 Å². The fourth-order valence-electron chi connectivity index (χ4n) is 1.61. The predicted octanol–water partition coefficient (Wildman–Crippen LogP) is 0.139. The van der Waals surface area contributed by atoms with E-state index in [0.29, 0.717) is 12.8 Å². The van der Waals surface area contributed by atoms with Crippen LogP contribution in [-0.4, -0.2) is 24.1 Å². The zero-order valence-electron chi connectivity index (χ0n) is 7.86. The Morgan fingerprint density at radius 2 is 1.93 bits per heavy atom. The van der Waals surface area contributed by atoms with Crippen molar-refractivity contribution in [3.05, 3.63) is 0 Å². The minimum atomic E-state index is -0.734. The zero-order valence-corrected chi connectivity index (χ0v) is 7.86. The van der Waals surface area contributed by atoms with E-state index in [-0.39, 0.29) is 24.0 Å². The van der Waals surface area contributed by atoms with Crippen molar-refractivity contribution < 1.29 is 14.3 Å². The standard InChI is InChI=1S/C9H14N2O3/c10-9(13)14-7-3-6(4-7)11-8(12)5-1-2-5/h5-7H,1-4H2,(H2,10,13)(H,11,12). The Morgan fingerprint density at radius 1 is 1.29 bits per heavy atom. The predicted molar refractivity (Wildman–Crippen MR) is 48.3 cm³/mol. The minimum Gasteiger partial charge on any atom is -0.446 e. The molecule has 0 unspecified atom stereocenters. The van der Waals surface area contributed by atoms with E-state index in [4.69, 9.17) is 10.5 Å². The van der Waals surface area contributed by atoms with Crippen LogP contribution in [0.3, 0.4) is 0 Å². The van der Waals surface area contributed by atoms with Gasteiger partial charge in [-0.15, -0.1) is 0 Å². The van der Waals surface area contributed by atoms with Crippen LogP contribution >= 0.6 is 0 Å². The monoisotopic (exact) mass is 198 g/mol. The zero-order chi connectivity index (χ0) is 10.1. The molecule has 2 rings (SSSR count). The number of nitrogens with two attached hydrogens (primary N) is 1. The van der Waals surface area contributed by atoms with Gasteiger partial charge in [-0.25, -0.2) is 4.79 Å². The van der Waals surface area contributed by atoms with E-state index in [2.05, 4.69) is 5.32 Å². The minimum absolute atomic E-state index is 0.1000. The van der Waals surface area contributed by atoms with Gasteiger partial charge in [0.25, 0.3) is 0 Å². The van der Waals surface area contributed by atoms with E-state index in [1.165, 1.54) is 0 Å². The quantitative estimate of drug-likeness (QED) is 0.676. The molecule has 0 spiro atoms. The molecule has 0 atom stereocenters. The Hall–Kier alpha value is -1.26. The second kappa shape index (κ2) is 3.48. The van der Waals surface area contributed by atoms with Crippen LogP contribution in [0.15, 0.2) is 0 Å². The first-order valence-electron chi connectivity index (χ1n) is 4.91. The number of hydrogen-bond acceptors (Lipinski definition) is 3.